The van der Waals surface area contributed by atoms with Gasteiger partial charge in [0.1, 0.15) is 17.2 Å². The van der Waals surface area contributed by atoms with Crippen molar-refractivity contribution in [2.45, 2.75) is 10.8 Å². The quantitative estimate of drug-likeness (QED) is 0.332. The van der Waals surface area contributed by atoms with Crippen molar-refractivity contribution >= 4 is 28.5 Å². The molecule has 1 aromatic carbocycles. The van der Waals surface area contributed by atoms with E-state index in [1.807, 2.05) is 36.4 Å². The number of pyridine rings is 1. The molecule has 2 aromatic heterocycles. The van der Waals surface area contributed by atoms with Gasteiger partial charge in [-0.1, -0.05) is 18.2 Å². The van der Waals surface area contributed by atoms with Crippen LogP contribution in [0.25, 0.3) is 10.9 Å². The lowest BCUT2D eigenvalue weighted by molar-refractivity contribution is 1.10. The highest BCUT2D eigenvalue weighted by molar-refractivity contribution is 7.98. The number of hydrogen-bond donors (Lipinski definition) is 2. The number of nitrogens with two attached hydrogens (primary N) is 1. The van der Waals surface area contributed by atoms with Gasteiger partial charge in [0.15, 0.2) is 0 Å². The van der Waals surface area contributed by atoms with Crippen LogP contribution in [0.3, 0.4) is 0 Å². The summed E-state index contributed by atoms with van der Waals surface area (Å²) in [4.78, 5) is 12.7. The lowest BCUT2D eigenvalue weighted by Gasteiger charge is -2.05. The third kappa shape index (κ3) is 2.71. The van der Waals surface area contributed by atoms with E-state index >= 15 is 0 Å². The summed E-state index contributed by atoms with van der Waals surface area (Å²) in [6.07, 6.45) is 3.34. The van der Waals surface area contributed by atoms with Crippen LogP contribution >= 0.6 is 11.8 Å². The standard InChI is InChI=1S/C14H13N5S/c15-19-13-7-10(5-6-16-13)8-20-14-11-3-1-2-4-12(11)17-9-18-14/h1-7,9H,8,15H2,(H,16,19). The number of nitrogen functional groups attached to an aromatic ring is 1. The highest BCUT2D eigenvalue weighted by Crippen LogP contribution is 2.27. The van der Waals surface area contributed by atoms with Gasteiger partial charge in [-0.2, -0.15) is 0 Å². The zero-order valence-electron chi connectivity index (χ0n) is 10.7. The molecule has 0 bridgehead atoms. The highest BCUT2D eigenvalue weighted by atomic mass is 32.2. The van der Waals surface area contributed by atoms with Crippen LogP contribution in [0.15, 0.2) is 53.9 Å². The largest absolute Gasteiger partial charge is 0.308 e. The predicted molar refractivity (Wildman–Crippen MR) is 81.1 cm³/mol. The Morgan fingerprint density at radius 2 is 2.00 bits per heavy atom. The van der Waals surface area contributed by atoms with Crippen molar-refractivity contribution in [2.24, 2.45) is 5.84 Å². The van der Waals surface area contributed by atoms with Gasteiger partial charge in [-0.3, -0.25) is 0 Å². The van der Waals surface area contributed by atoms with Crippen molar-refractivity contribution in [2.75, 3.05) is 5.43 Å². The minimum absolute atomic E-state index is 0.663. The Bertz CT molecular complexity index is 726. The summed E-state index contributed by atoms with van der Waals surface area (Å²) in [5, 5.41) is 2.06. The Labute approximate surface area is 120 Å². The summed E-state index contributed by atoms with van der Waals surface area (Å²) < 4.78 is 0. The highest BCUT2D eigenvalue weighted by Gasteiger charge is 2.04. The molecule has 5 nitrogen and oxygen atoms in total. The molecule has 0 aliphatic heterocycles. The van der Waals surface area contributed by atoms with E-state index in [9.17, 15) is 0 Å². The van der Waals surface area contributed by atoms with Crippen LogP contribution in [0.2, 0.25) is 0 Å². The first-order valence-electron chi connectivity index (χ1n) is 6.11. The van der Waals surface area contributed by atoms with E-state index in [1.54, 1.807) is 24.3 Å². The van der Waals surface area contributed by atoms with E-state index in [0.29, 0.717) is 5.82 Å². The average molecular weight is 283 g/mol. The van der Waals surface area contributed by atoms with Crippen LogP contribution in [-0.2, 0) is 5.75 Å². The summed E-state index contributed by atoms with van der Waals surface area (Å²) in [6, 6.07) is 11.9. The Morgan fingerprint density at radius 1 is 1.10 bits per heavy atom. The molecule has 0 atom stereocenters. The Kier molecular flexibility index (Phi) is 3.76. The van der Waals surface area contributed by atoms with E-state index < -0.39 is 0 Å². The van der Waals surface area contributed by atoms with E-state index in [1.165, 1.54) is 0 Å². The number of nitrogens with zero attached hydrogens (tertiary/aromatic N) is 3. The van der Waals surface area contributed by atoms with Gasteiger partial charge in [-0.25, -0.2) is 20.8 Å². The second-order valence-corrected chi connectivity index (χ2v) is 5.14. The summed E-state index contributed by atoms with van der Waals surface area (Å²) in [6.45, 7) is 0. The van der Waals surface area contributed by atoms with Crippen LogP contribution in [-0.4, -0.2) is 15.0 Å². The molecule has 0 aliphatic rings. The van der Waals surface area contributed by atoms with Gasteiger partial charge in [0.05, 0.1) is 5.52 Å². The molecule has 3 rings (SSSR count). The molecule has 0 fully saturated rings. The summed E-state index contributed by atoms with van der Waals surface area (Å²) in [5.41, 5.74) is 4.65. The lowest BCUT2D eigenvalue weighted by Crippen LogP contribution is -2.08. The second-order valence-electron chi connectivity index (χ2n) is 4.18. The molecular formula is C14H13N5S. The van der Waals surface area contributed by atoms with Gasteiger partial charge in [0.25, 0.3) is 0 Å². The van der Waals surface area contributed by atoms with Crippen LogP contribution in [0.1, 0.15) is 5.56 Å². The van der Waals surface area contributed by atoms with Crippen molar-refractivity contribution in [1.29, 1.82) is 0 Å². The van der Waals surface area contributed by atoms with Crippen LogP contribution in [0.5, 0.6) is 0 Å². The minimum Gasteiger partial charge on any atom is -0.308 e. The molecule has 3 N–H and O–H groups in total. The van der Waals surface area contributed by atoms with Crippen molar-refractivity contribution < 1.29 is 0 Å². The maximum Gasteiger partial charge on any atom is 0.140 e. The number of hydrazine groups is 1. The van der Waals surface area contributed by atoms with Crippen LogP contribution in [0.4, 0.5) is 5.82 Å². The molecule has 2 heterocycles. The fraction of sp³-hybridized carbons (Fsp3) is 0.0714. The molecule has 100 valence electrons. The molecule has 3 aromatic rings. The number of nitrogens with one attached hydrogen (secondary N) is 1. The summed E-state index contributed by atoms with van der Waals surface area (Å²) >= 11 is 1.67. The first kappa shape index (κ1) is 12.8. The Morgan fingerprint density at radius 3 is 2.90 bits per heavy atom. The fourth-order valence-corrected chi connectivity index (χ4v) is 2.82. The number of benzene rings is 1. The smallest absolute Gasteiger partial charge is 0.140 e. The number of anilines is 1. The molecule has 20 heavy (non-hydrogen) atoms. The van der Waals surface area contributed by atoms with Crippen LogP contribution < -0.4 is 11.3 Å². The van der Waals surface area contributed by atoms with Crippen molar-refractivity contribution in [3.8, 4) is 0 Å². The fourth-order valence-electron chi connectivity index (χ4n) is 1.89. The molecule has 0 radical (unpaired) electrons. The van der Waals surface area contributed by atoms with E-state index in [2.05, 4.69) is 20.4 Å². The summed E-state index contributed by atoms with van der Waals surface area (Å²) in [5.74, 6) is 6.83. The Hall–Kier alpha value is -2.18. The molecule has 6 heteroatoms. The third-order valence-electron chi connectivity index (χ3n) is 2.85. The Balaban J connectivity index is 1.83. The SMILES string of the molecule is NNc1cc(CSc2ncnc3ccccc23)ccn1. The lowest BCUT2D eigenvalue weighted by atomic mass is 10.2. The minimum atomic E-state index is 0.663. The molecule has 0 saturated heterocycles. The number of rotatable bonds is 4. The maximum absolute atomic E-state index is 5.36. The first-order chi connectivity index (χ1) is 9.86. The molecule has 0 unspecified atom stereocenters. The number of thioether (sulfide) groups is 1. The second kappa shape index (κ2) is 5.85. The number of para-hydroxylation sites is 1. The van der Waals surface area contributed by atoms with Gasteiger partial charge < -0.3 is 5.43 Å². The molecule has 0 saturated carbocycles. The van der Waals surface area contributed by atoms with E-state index in [0.717, 1.165) is 27.2 Å². The van der Waals surface area contributed by atoms with Crippen molar-refractivity contribution in [3.05, 3.63) is 54.5 Å². The van der Waals surface area contributed by atoms with Gasteiger partial charge in [-0.05, 0) is 23.8 Å². The number of aromatic nitrogens is 3. The van der Waals surface area contributed by atoms with Crippen LogP contribution in [0, 0.1) is 0 Å². The molecular weight excluding hydrogens is 270 g/mol. The zero-order valence-corrected chi connectivity index (χ0v) is 11.5. The van der Waals surface area contributed by atoms with Crippen molar-refractivity contribution in [3.63, 3.8) is 0 Å². The zero-order chi connectivity index (χ0) is 13.8. The molecule has 0 spiro atoms. The summed E-state index contributed by atoms with van der Waals surface area (Å²) in [7, 11) is 0. The number of hydrogen-bond acceptors (Lipinski definition) is 6. The monoisotopic (exact) mass is 283 g/mol. The first-order valence-corrected chi connectivity index (χ1v) is 7.09. The van der Waals surface area contributed by atoms with Gasteiger partial charge in [-0.15, -0.1) is 11.8 Å². The maximum atomic E-state index is 5.36. The van der Waals surface area contributed by atoms with Crippen molar-refractivity contribution in [1.82, 2.24) is 15.0 Å². The topological polar surface area (TPSA) is 76.7 Å². The third-order valence-corrected chi connectivity index (χ3v) is 3.93. The average Bonchev–Trinajstić information content (AvgIpc) is 2.53. The van der Waals surface area contributed by atoms with Gasteiger partial charge >= 0.3 is 0 Å². The molecule has 0 amide bonds. The van der Waals surface area contributed by atoms with E-state index in [4.69, 9.17) is 5.84 Å². The normalized spacial score (nSPS) is 10.7. The number of fused-ring (bicyclic) bond motifs is 1. The molecule has 0 aliphatic carbocycles. The van der Waals surface area contributed by atoms with Gasteiger partial charge in [0.2, 0.25) is 0 Å². The van der Waals surface area contributed by atoms with Gasteiger partial charge in [0, 0.05) is 17.3 Å². The van der Waals surface area contributed by atoms with E-state index in [-0.39, 0.29) is 0 Å². The predicted octanol–water partition coefficient (Wildman–Crippen LogP) is 2.60.